The highest BCUT2D eigenvalue weighted by Gasteiger charge is 2.37. The molecule has 0 aliphatic heterocycles. The molecule has 0 fully saturated rings. The molecule has 3 aromatic heterocycles. The Bertz CT molecular complexity index is 8170. The third kappa shape index (κ3) is 12.5. The normalized spacial score (nSPS) is 12.3. The molecule has 1 aliphatic rings. The van der Waals surface area contributed by atoms with Crippen LogP contribution in [0.1, 0.15) is 25.0 Å². The first-order chi connectivity index (χ1) is 62.2. The topological polar surface area (TPSA) is 45.9 Å². The first-order valence-corrected chi connectivity index (χ1v) is 43.3. The van der Waals surface area contributed by atoms with Crippen LogP contribution in [-0.4, -0.2) is 0 Å². The van der Waals surface area contributed by atoms with Crippen molar-refractivity contribution < 1.29 is 13.3 Å². The van der Waals surface area contributed by atoms with Crippen molar-refractivity contribution in [2.75, 3.05) is 9.80 Å². The van der Waals surface area contributed by atoms with Crippen LogP contribution in [0.2, 0.25) is 0 Å². The number of benzene rings is 21. The van der Waals surface area contributed by atoms with E-state index in [9.17, 15) is 0 Å². The van der Waals surface area contributed by atoms with Gasteiger partial charge in [-0.25, -0.2) is 0 Å². The van der Waals surface area contributed by atoms with E-state index in [0.29, 0.717) is 0 Å². The van der Waals surface area contributed by atoms with Gasteiger partial charge in [0.05, 0.1) is 5.69 Å². The standard InChI is InChI=1S/C62H39NO2.C59H41NO/c1-2-12-40(13-3-1)41-22-24-42(25-23-41)43-26-32-46(33-27-43)63(47-34-28-44(29-35-47)55-38-57-51-16-8-10-20-59(51)64-61(57)53-18-6-4-14-49(53)55)48-36-30-45(31-37-48)56-39-58-52-17-9-11-21-60(52)65-62(58)54-19-7-5-15-50(54)56;1-59(2)54-35-43(52-37-53-50-19-10-11-22-57(50)61-58(53)51-20-9-8-18-47(51)52)29-33-48(54)49-34-32-45(36-55(49)59)60(56-21-12-16-42-15-6-7-17-46(42)56)44-30-27-41(28-31-44)40-25-23-39(24-26-40)38-13-4-3-5-14-38/h1-39H;3-37H,1-2H3. The smallest absolute Gasteiger partial charge is 0.143 e. The van der Waals surface area contributed by atoms with Crippen LogP contribution in [0.5, 0.6) is 0 Å². The second-order valence-electron chi connectivity index (χ2n) is 33.7. The number of para-hydroxylation sites is 3. The first kappa shape index (κ1) is 73.6. The Labute approximate surface area is 729 Å². The number of hydrogen-bond acceptors (Lipinski definition) is 5. The molecule has 1 aliphatic carbocycles. The molecule has 3 heterocycles. The molecule has 0 N–H and O–H groups in total. The maximum absolute atomic E-state index is 6.46. The van der Waals surface area contributed by atoms with Gasteiger partial charge in [-0.15, -0.1) is 0 Å². The second kappa shape index (κ2) is 30.1. The number of fused-ring (bicyclic) bond motifs is 19. The lowest BCUT2D eigenvalue weighted by Crippen LogP contribution is -2.17. The van der Waals surface area contributed by atoms with Gasteiger partial charge < -0.3 is 23.1 Å². The Morgan fingerprint density at radius 2 is 0.452 bits per heavy atom. The molecule has 126 heavy (non-hydrogen) atoms. The molecule has 0 amide bonds. The molecule has 592 valence electrons. The molecule has 0 radical (unpaired) electrons. The Hall–Kier alpha value is -16.3. The summed E-state index contributed by atoms with van der Waals surface area (Å²) in [5.41, 5.74) is 33.9. The summed E-state index contributed by atoms with van der Waals surface area (Å²) in [7, 11) is 0. The van der Waals surface area contributed by atoms with Crippen LogP contribution < -0.4 is 9.80 Å². The van der Waals surface area contributed by atoms with Crippen molar-refractivity contribution in [1.29, 1.82) is 0 Å². The van der Waals surface area contributed by atoms with Crippen molar-refractivity contribution in [3.8, 4) is 89.0 Å². The highest BCUT2D eigenvalue weighted by molar-refractivity contribution is 6.22. The predicted molar refractivity (Wildman–Crippen MR) is 530 cm³/mol. The van der Waals surface area contributed by atoms with Crippen LogP contribution in [0.4, 0.5) is 34.1 Å². The van der Waals surface area contributed by atoms with Crippen LogP contribution in [0.15, 0.2) is 462 Å². The van der Waals surface area contributed by atoms with Gasteiger partial charge in [0.25, 0.3) is 0 Å². The van der Waals surface area contributed by atoms with E-state index >= 15 is 0 Å². The van der Waals surface area contributed by atoms with Crippen molar-refractivity contribution in [2.45, 2.75) is 19.3 Å². The summed E-state index contributed by atoms with van der Waals surface area (Å²) in [6, 6.07) is 162. The molecule has 0 saturated heterocycles. The van der Waals surface area contributed by atoms with E-state index in [-0.39, 0.29) is 5.41 Å². The maximum atomic E-state index is 6.46. The Balaban J connectivity index is 0.000000141. The van der Waals surface area contributed by atoms with Gasteiger partial charge >= 0.3 is 0 Å². The van der Waals surface area contributed by atoms with E-state index in [1.165, 1.54) is 116 Å². The van der Waals surface area contributed by atoms with E-state index in [1.807, 2.05) is 18.2 Å². The van der Waals surface area contributed by atoms with Gasteiger partial charge in [0, 0.05) is 87.7 Å². The zero-order chi connectivity index (χ0) is 83.5. The van der Waals surface area contributed by atoms with Crippen molar-refractivity contribution in [2.24, 2.45) is 0 Å². The van der Waals surface area contributed by atoms with E-state index in [1.54, 1.807) is 0 Å². The summed E-state index contributed by atoms with van der Waals surface area (Å²) in [6.45, 7) is 4.77. The molecule has 21 aromatic carbocycles. The van der Waals surface area contributed by atoms with Crippen molar-refractivity contribution in [1.82, 2.24) is 0 Å². The van der Waals surface area contributed by atoms with E-state index in [0.717, 1.165) is 127 Å². The highest BCUT2D eigenvalue weighted by Crippen LogP contribution is 2.54. The molecule has 24 aromatic rings. The summed E-state index contributed by atoms with van der Waals surface area (Å²) in [4.78, 5) is 4.79. The number of anilines is 6. The zero-order valence-electron chi connectivity index (χ0n) is 69.3. The van der Waals surface area contributed by atoms with Gasteiger partial charge in [0.1, 0.15) is 33.5 Å². The van der Waals surface area contributed by atoms with Crippen molar-refractivity contribution in [3.05, 3.63) is 460 Å². The minimum absolute atomic E-state index is 0.237. The van der Waals surface area contributed by atoms with Gasteiger partial charge in [0.15, 0.2) is 0 Å². The fourth-order valence-corrected chi connectivity index (χ4v) is 19.8. The number of rotatable bonds is 13. The van der Waals surface area contributed by atoms with Crippen molar-refractivity contribution in [3.63, 3.8) is 0 Å². The quantitative estimate of drug-likeness (QED) is 0.115. The lowest BCUT2D eigenvalue weighted by molar-refractivity contribution is 0.660. The van der Waals surface area contributed by atoms with Gasteiger partial charge in [-0.1, -0.05) is 354 Å². The fourth-order valence-electron chi connectivity index (χ4n) is 19.8. The SMILES string of the molecule is CC1(C)c2cc(-c3cc4c5ccccc5oc4c4ccccc34)ccc2-c2ccc(N(c3ccc(-c4ccc(-c5ccccc5)cc4)cc3)c3cccc4ccccc34)cc21.c1ccc(-c2ccc(-c3ccc(N(c4ccc(-c5cc6c7ccccc7oc6c6ccccc56)cc4)c4ccc(-c5cc6c7ccccc7oc6c6ccccc56)cc4)cc3)cc2)cc1. The van der Waals surface area contributed by atoms with Crippen LogP contribution in [0.25, 0.3) is 198 Å². The average Bonchev–Trinajstić information content (AvgIpc) is 1.56. The molecule has 0 spiro atoms. The average molecular weight is 1610 g/mol. The number of furan rings is 3. The molecule has 5 heteroatoms. The monoisotopic (exact) mass is 1610 g/mol. The van der Waals surface area contributed by atoms with Crippen LogP contribution >= 0.6 is 0 Å². The fraction of sp³-hybridized carbons (Fsp3) is 0.0248. The molecule has 0 bridgehead atoms. The Morgan fingerprint density at radius 1 is 0.175 bits per heavy atom. The van der Waals surface area contributed by atoms with Crippen LogP contribution in [-0.2, 0) is 5.41 Å². The van der Waals surface area contributed by atoms with Crippen LogP contribution in [0.3, 0.4) is 0 Å². The van der Waals surface area contributed by atoms with E-state index in [4.69, 9.17) is 13.3 Å². The number of nitrogens with zero attached hydrogens (tertiary/aromatic N) is 2. The summed E-state index contributed by atoms with van der Waals surface area (Å²) in [5.74, 6) is 0. The lowest BCUT2D eigenvalue weighted by atomic mass is 9.81. The molecule has 0 saturated carbocycles. The summed E-state index contributed by atoms with van der Waals surface area (Å²) in [6.07, 6.45) is 0. The summed E-state index contributed by atoms with van der Waals surface area (Å²) < 4.78 is 19.4. The number of hydrogen-bond donors (Lipinski definition) is 0. The zero-order valence-corrected chi connectivity index (χ0v) is 69.3. The van der Waals surface area contributed by atoms with Gasteiger partial charge in [-0.2, -0.15) is 0 Å². The Morgan fingerprint density at radius 3 is 0.857 bits per heavy atom. The largest absolute Gasteiger partial charge is 0.455 e. The first-order valence-electron chi connectivity index (χ1n) is 43.3. The minimum atomic E-state index is -0.237. The molecule has 0 unspecified atom stereocenters. The lowest BCUT2D eigenvalue weighted by Gasteiger charge is -2.29. The minimum Gasteiger partial charge on any atom is -0.455 e. The van der Waals surface area contributed by atoms with E-state index in [2.05, 4.69) is 454 Å². The van der Waals surface area contributed by atoms with Gasteiger partial charge in [0.2, 0.25) is 0 Å². The second-order valence-corrected chi connectivity index (χ2v) is 33.7. The Kier molecular flexibility index (Phi) is 17.6. The molecule has 0 atom stereocenters. The van der Waals surface area contributed by atoms with Gasteiger partial charge in [-0.3, -0.25) is 0 Å². The third-order valence-electron chi connectivity index (χ3n) is 26.2. The third-order valence-corrected chi connectivity index (χ3v) is 26.2. The molecular weight excluding hydrogens is 1530 g/mol. The maximum Gasteiger partial charge on any atom is 0.143 e. The predicted octanol–water partition coefficient (Wildman–Crippen LogP) is 34.6. The highest BCUT2D eigenvalue weighted by atomic mass is 16.3. The van der Waals surface area contributed by atoms with Gasteiger partial charge in [-0.05, 0) is 231 Å². The summed E-state index contributed by atoms with van der Waals surface area (Å²) in [5, 5.41) is 16.1. The molecule has 25 rings (SSSR count). The van der Waals surface area contributed by atoms with E-state index < -0.39 is 0 Å². The van der Waals surface area contributed by atoms with Crippen molar-refractivity contribution >= 4 is 143 Å². The summed E-state index contributed by atoms with van der Waals surface area (Å²) >= 11 is 0. The molecule has 5 nitrogen and oxygen atoms in total. The van der Waals surface area contributed by atoms with Crippen LogP contribution in [0, 0.1) is 0 Å². The molecular formula is C121H80N2O3.